The quantitative estimate of drug-likeness (QED) is 0.571. The van der Waals surface area contributed by atoms with Gasteiger partial charge in [-0.2, -0.15) is 0 Å². The number of benzene rings is 1. The minimum Gasteiger partial charge on any atom is -0.486 e. The first kappa shape index (κ1) is 21.3. The van der Waals surface area contributed by atoms with Gasteiger partial charge < -0.3 is 15.0 Å². The highest BCUT2D eigenvalue weighted by Crippen LogP contribution is 2.18. The van der Waals surface area contributed by atoms with E-state index in [1.165, 1.54) is 36.2 Å². The highest BCUT2D eigenvalue weighted by molar-refractivity contribution is 7.09. The molecule has 1 aliphatic heterocycles. The second-order valence-corrected chi connectivity index (χ2v) is 8.80. The molecule has 1 amide bonds. The summed E-state index contributed by atoms with van der Waals surface area (Å²) < 4.78 is 5.76. The Morgan fingerprint density at radius 2 is 1.94 bits per heavy atom. The average molecular weight is 437 g/mol. The van der Waals surface area contributed by atoms with E-state index in [-0.39, 0.29) is 12.3 Å². The lowest BCUT2D eigenvalue weighted by Crippen LogP contribution is -2.30. The molecule has 31 heavy (non-hydrogen) atoms. The molecule has 4 rings (SSSR count). The molecule has 7 heteroatoms. The van der Waals surface area contributed by atoms with Crippen molar-refractivity contribution in [1.82, 2.24) is 15.3 Å². The van der Waals surface area contributed by atoms with Gasteiger partial charge in [0.05, 0.1) is 12.1 Å². The van der Waals surface area contributed by atoms with E-state index >= 15 is 0 Å². The van der Waals surface area contributed by atoms with Crippen molar-refractivity contribution in [2.24, 2.45) is 0 Å². The van der Waals surface area contributed by atoms with Crippen LogP contribution in [-0.4, -0.2) is 29.0 Å². The molecule has 3 aromatic rings. The number of carbonyl (C=O) groups excluding carboxylic acids is 1. The molecule has 0 bridgehead atoms. The molecule has 162 valence electrons. The van der Waals surface area contributed by atoms with Crippen LogP contribution in [0.3, 0.4) is 0 Å². The second-order valence-electron chi connectivity index (χ2n) is 7.86. The smallest absolute Gasteiger partial charge is 0.226 e. The first-order chi connectivity index (χ1) is 15.2. The minimum absolute atomic E-state index is 0.0450. The van der Waals surface area contributed by atoms with E-state index in [1.54, 1.807) is 0 Å². The Morgan fingerprint density at radius 1 is 1.13 bits per heavy atom. The number of rotatable bonds is 8. The average Bonchev–Trinajstić information content (AvgIpc) is 3.25. The van der Waals surface area contributed by atoms with Crippen molar-refractivity contribution in [3.8, 4) is 5.75 Å². The van der Waals surface area contributed by atoms with E-state index in [0.717, 1.165) is 40.9 Å². The maximum atomic E-state index is 12.3. The van der Waals surface area contributed by atoms with Crippen molar-refractivity contribution in [2.45, 2.75) is 45.8 Å². The van der Waals surface area contributed by atoms with E-state index in [0.29, 0.717) is 13.2 Å². The fraction of sp³-hybridized carbons (Fsp3) is 0.375. The van der Waals surface area contributed by atoms with Crippen LogP contribution in [0.25, 0.3) is 0 Å². The number of carbonyl (C=O) groups is 1. The highest BCUT2D eigenvalue weighted by Gasteiger charge is 2.12. The van der Waals surface area contributed by atoms with Crippen molar-refractivity contribution < 1.29 is 9.53 Å². The van der Waals surface area contributed by atoms with Gasteiger partial charge in [0.25, 0.3) is 0 Å². The second kappa shape index (κ2) is 10.4. The predicted octanol–water partition coefficient (Wildman–Crippen LogP) is 4.27. The largest absolute Gasteiger partial charge is 0.486 e. The topological polar surface area (TPSA) is 67.3 Å². The molecule has 0 aliphatic carbocycles. The van der Waals surface area contributed by atoms with Crippen molar-refractivity contribution in [3.63, 3.8) is 0 Å². The molecular weight excluding hydrogens is 408 g/mol. The summed E-state index contributed by atoms with van der Waals surface area (Å²) in [5.41, 5.74) is 2.96. The van der Waals surface area contributed by atoms with E-state index in [1.807, 2.05) is 54.9 Å². The van der Waals surface area contributed by atoms with Crippen LogP contribution in [-0.2, 0) is 24.4 Å². The molecule has 0 atom stereocenters. The van der Waals surface area contributed by atoms with Gasteiger partial charge in [-0.25, -0.2) is 9.97 Å². The number of pyridine rings is 1. The van der Waals surface area contributed by atoms with Crippen LogP contribution >= 0.6 is 11.3 Å². The van der Waals surface area contributed by atoms with Crippen molar-refractivity contribution in [1.29, 1.82) is 0 Å². The SMILES string of the molecule is Cc1ccc(OCc2nc(CC(=O)NCc3ccc(N4CCCCC4)nc3)cs2)cc1. The fourth-order valence-electron chi connectivity index (χ4n) is 3.53. The number of nitrogens with zero attached hydrogens (tertiary/aromatic N) is 3. The Balaban J connectivity index is 1.21. The third-order valence-electron chi connectivity index (χ3n) is 5.30. The zero-order valence-electron chi connectivity index (χ0n) is 17.8. The van der Waals surface area contributed by atoms with E-state index in [2.05, 4.69) is 20.2 Å². The Labute approximate surface area is 187 Å². The normalized spacial score (nSPS) is 13.8. The number of ether oxygens (including phenoxy) is 1. The molecular formula is C24H28N4O2S. The van der Waals surface area contributed by atoms with Crippen LogP contribution in [0.2, 0.25) is 0 Å². The van der Waals surface area contributed by atoms with Crippen LogP contribution in [0, 0.1) is 6.92 Å². The molecule has 3 heterocycles. The van der Waals surface area contributed by atoms with Crippen LogP contribution < -0.4 is 15.0 Å². The molecule has 0 unspecified atom stereocenters. The maximum absolute atomic E-state index is 12.3. The summed E-state index contributed by atoms with van der Waals surface area (Å²) in [7, 11) is 0. The third kappa shape index (κ3) is 6.28. The number of thiazole rings is 1. The van der Waals surface area contributed by atoms with Crippen LogP contribution in [0.4, 0.5) is 5.82 Å². The van der Waals surface area contributed by atoms with Gasteiger partial charge in [0.2, 0.25) is 5.91 Å². The lowest BCUT2D eigenvalue weighted by Gasteiger charge is -2.27. The molecule has 1 saturated heterocycles. The number of nitrogens with one attached hydrogen (secondary N) is 1. The van der Waals surface area contributed by atoms with Crippen molar-refractivity contribution >= 4 is 23.1 Å². The predicted molar refractivity (Wildman–Crippen MR) is 123 cm³/mol. The van der Waals surface area contributed by atoms with Gasteiger partial charge in [0, 0.05) is 31.2 Å². The minimum atomic E-state index is -0.0450. The lowest BCUT2D eigenvalue weighted by atomic mass is 10.1. The standard InChI is InChI=1S/C24H28N4O2S/c1-18-5-8-21(9-6-18)30-16-24-27-20(17-31-24)13-23(29)26-15-19-7-10-22(25-14-19)28-11-3-2-4-12-28/h5-10,14,17H,2-4,11-13,15-16H2,1H3,(H,26,29). The Bertz CT molecular complexity index is 980. The van der Waals surface area contributed by atoms with Gasteiger partial charge >= 0.3 is 0 Å². The zero-order chi connectivity index (χ0) is 21.5. The van der Waals surface area contributed by atoms with Gasteiger partial charge in [-0.1, -0.05) is 23.8 Å². The van der Waals surface area contributed by atoms with Gasteiger partial charge in [-0.05, 0) is 49.9 Å². The number of aryl methyl sites for hydroxylation is 1. The summed E-state index contributed by atoms with van der Waals surface area (Å²) in [4.78, 5) is 23.7. The summed E-state index contributed by atoms with van der Waals surface area (Å²) >= 11 is 1.51. The molecule has 1 aliphatic rings. The Kier molecular flexibility index (Phi) is 7.14. The van der Waals surface area contributed by atoms with Crippen LogP contribution in [0.15, 0.2) is 48.0 Å². The third-order valence-corrected chi connectivity index (χ3v) is 6.17. The summed E-state index contributed by atoms with van der Waals surface area (Å²) in [6.45, 7) is 5.08. The fourth-order valence-corrected chi connectivity index (χ4v) is 4.24. The van der Waals surface area contributed by atoms with Crippen molar-refractivity contribution in [3.05, 3.63) is 69.8 Å². The molecule has 1 N–H and O–H groups in total. The zero-order valence-corrected chi connectivity index (χ0v) is 18.7. The Hall–Kier alpha value is -2.93. The molecule has 0 saturated carbocycles. The molecule has 6 nitrogen and oxygen atoms in total. The molecule has 0 radical (unpaired) electrons. The molecule has 1 aromatic carbocycles. The van der Waals surface area contributed by atoms with Gasteiger partial charge in [-0.15, -0.1) is 11.3 Å². The van der Waals surface area contributed by atoms with Crippen molar-refractivity contribution in [2.75, 3.05) is 18.0 Å². The van der Waals surface area contributed by atoms with Crippen LogP contribution in [0.1, 0.15) is 41.1 Å². The molecule has 1 fully saturated rings. The molecule has 2 aromatic heterocycles. The number of piperidine rings is 1. The maximum Gasteiger partial charge on any atom is 0.226 e. The number of anilines is 1. The van der Waals surface area contributed by atoms with Crippen LogP contribution in [0.5, 0.6) is 5.75 Å². The van der Waals surface area contributed by atoms with Gasteiger partial charge in [0.1, 0.15) is 23.2 Å². The molecule has 0 spiro atoms. The number of hydrogen-bond acceptors (Lipinski definition) is 6. The Morgan fingerprint density at radius 3 is 2.68 bits per heavy atom. The lowest BCUT2D eigenvalue weighted by molar-refractivity contribution is -0.120. The number of hydrogen-bond donors (Lipinski definition) is 1. The highest BCUT2D eigenvalue weighted by atomic mass is 32.1. The summed E-state index contributed by atoms with van der Waals surface area (Å²) in [5, 5.41) is 5.74. The van der Waals surface area contributed by atoms with E-state index in [4.69, 9.17) is 4.74 Å². The number of amides is 1. The van der Waals surface area contributed by atoms with E-state index < -0.39 is 0 Å². The monoisotopic (exact) mass is 436 g/mol. The van der Waals surface area contributed by atoms with E-state index in [9.17, 15) is 4.79 Å². The van der Waals surface area contributed by atoms with Gasteiger partial charge in [0.15, 0.2) is 0 Å². The summed E-state index contributed by atoms with van der Waals surface area (Å²) in [5.74, 6) is 1.80. The summed E-state index contributed by atoms with van der Waals surface area (Å²) in [6.07, 6.45) is 5.89. The first-order valence-corrected chi connectivity index (χ1v) is 11.6. The van der Waals surface area contributed by atoms with Gasteiger partial charge in [-0.3, -0.25) is 4.79 Å². The number of aromatic nitrogens is 2. The first-order valence-electron chi connectivity index (χ1n) is 10.7. The summed E-state index contributed by atoms with van der Waals surface area (Å²) in [6, 6.07) is 12.0.